The molecule has 0 radical (unpaired) electrons. The summed E-state index contributed by atoms with van der Waals surface area (Å²) < 4.78 is 0. The summed E-state index contributed by atoms with van der Waals surface area (Å²) in [5, 5.41) is 0. The van der Waals surface area contributed by atoms with Gasteiger partial charge in [-0.1, -0.05) is 25.1 Å². The van der Waals surface area contributed by atoms with Crippen molar-refractivity contribution >= 4 is 23.1 Å². The number of nitrogen functional groups attached to an aromatic ring is 1. The molecule has 110 valence electrons. The Bertz CT molecular complexity index is 594. The molecule has 0 amide bonds. The van der Waals surface area contributed by atoms with Crippen molar-refractivity contribution in [3.8, 4) is 0 Å². The SMILES string of the molecule is CCCN(CC1CSc2ccccc21)c1ccc(N)cc1. The van der Waals surface area contributed by atoms with Gasteiger partial charge < -0.3 is 10.6 Å². The molecule has 1 aliphatic heterocycles. The Labute approximate surface area is 131 Å². The highest BCUT2D eigenvalue weighted by Gasteiger charge is 2.24. The standard InChI is InChI=1S/C18H22N2S/c1-2-11-20(16-9-7-15(19)8-10-16)12-14-13-21-18-6-4-3-5-17(14)18/h3-10,14H,2,11-13,19H2,1H3. The summed E-state index contributed by atoms with van der Waals surface area (Å²) in [6, 6.07) is 17.1. The largest absolute Gasteiger partial charge is 0.399 e. The lowest BCUT2D eigenvalue weighted by Crippen LogP contribution is -2.29. The maximum Gasteiger partial charge on any atom is 0.0367 e. The molecule has 0 aliphatic carbocycles. The first-order valence-corrected chi connectivity index (χ1v) is 8.58. The second-order valence-electron chi connectivity index (χ2n) is 5.58. The van der Waals surface area contributed by atoms with E-state index in [1.807, 2.05) is 23.9 Å². The van der Waals surface area contributed by atoms with E-state index in [9.17, 15) is 0 Å². The van der Waals surface area contributed by atoms with E-state index in [2.05, 4.69) is 48.2 Å². The molecule has 2 nitrogen and oxygen atoms in total. The normalized spacial score (nSPS) is 16.7. The lowest BCUT2D eigenvalue weighted by atomic mass is 10.0. The zero-order chi connectivity index (χ0) is 14.7. The summed E-state index contributed by atoms with van der Waals surface area (Å²) in [5.41, 5.74) is 9.43. The molecule has 0 saturated heterocycles. The lowest BCUT2D eigenvalue weighted by molar-refractivity contribution is 0.685. The van der Waals surface area contributed by atoms with Crippen LogP contribution in [0.4, 0.5) is 11.4 Å². The molecule has 3 rings (SSSR count). The fourth-order valence-electron chi connectivity index (χ4n) is 2.93. The number of rotatable bonds is 5. The molecule has 0 bridgehead atoms. The number of fused-ring (bicyclic) bond motifs is 1. The number of nitrogens with two attached hydrogens (primary N) is 1. The van der Waals surface area contributed by atoms with Gasteiger partial charge >= 0.3 is 0 Å². The number of benzene rings is 2. The van der Waals surface area contributed by atoms with E-state index in [4.69, 9.17) is 5.73 Å². The van der Waals surface area contributed by atoms with Crippen molar-refractivity contribution in [1.29, 1.82) is 0 Å². The fourth-order valence-corrected chi connectivity index (χ4v) is 4.17. The number of thioether (sulfide) groups is 1. The van der Waals surface area contributed by atoms with Gasteiger partial charge in [-0.25, -0.2) is 0 Å². The average molecular weight is 298 g/mol. The maximum atomic E-state index is 5.81. The number of anilines is 2. The Morgan fingerprint density at radius 2 is 1.90 bits per heavy atom. The summed E-state index contributed by atoms with van der Waals surface area (Å²) in [4.78, 5) is 3.95. The van der Waals surface area contributed by atoms with Gasteiger partial charge in [0, 0.05) is 41.0 Å². The molecule has 2 N–H and O–H groups in total. The molecular formula is C18H22N2S. The monoisotopic (exact) mass is 298 g/mol. The molecular weight excluding hydrogens is 276 g/mol. The highest BCUT2D eigenvalue weighted by molar-refractivity contribution is 7.99. The Kier molecular flexibility index (Phi) is 4.39. The summed E-state index contributed by atoms with van der Waals surface area (Å²) in [5.74, 6) is 1.81. The van der Waals surface area contributed by atoms with Crippen LogP contribution < -0.4 is 10.6 Å². The second kappa shape index (κ2) is 6.44. The molecule has 3 heteroatoms. The van der Waals surface area contributed by atoms with Crippen molar-refractivity contribution in [2.75, 3.05) is 29.5 Å². The first kappa shape index (κ1) is 14.3. The molecule has 0 fully saturated rings. The molecule has 0 spiro atoms. The van der Waals surface area contributed by atoms with Gasteiger partial charge in [-0.2, -0.15) is 0 Å². The van der Waals surface area contributed by atoms with Gasteiger partial charge in [0.2, 0.25) is 0 Å². The Morgan fingerprint density at radius 1 is 1.14 bits per heavy atom. The third kappa shape index (κ3) is 3.18. The predicted molar refractivity (Wildman–Crippen MR) is 93.3 cm³/mol. The Hall–Kier alpha value is -1.61. The van der Waals surface area contributed by atoms with E-state index >= 15 is 0 Å². The molecule has 2 aromatic carbocycles. The third-order valence-electron chi connectivity index (χ3n) is 3.99. The molecule has 21 heavy (non-hydrogen) atoms. The summed E-state index contributed by atoms with van der Waals surface area (Å²) in [6.45, 7) is 4.41. The van der Waals surface area contributed by atoms with Gasteiger partial charge in [0.1, 0.15) is 0 Å². The van der Waals surface area contributed by atoms with Gasteiger partial charge in [-0.15, -0.1) is 11.8 Å². The van der Waals surface area contributed by atoms with Crippen molar-refractivity contribution in [2.24, 2.45) is 0 Å². The van der Waals surface area contributed by atoms with Crippen molar-refractivity contribution in [3.05, 3.63) is 54.1 Å². The minimum Gasteiger partial charge on any atom is -0.399 e. The van der Waals surface area contributed by atoms with Crippen molar-refractivity contribution in [1.82, 2.24) is 0 Å². The quantitative estimate of drug-likeness (QED) is 0.831. The molecule has 0 aromatic heterocycles. The van der Waals surface area contributed by atoms with Gasteiger partial charge in [0.05, 0.1) is 0 Å². The van der Waals surface area contributed by atoms with Crippen LogP contribution in [-0.4, -0.2) is 18.8 Å². The van der Waals surface area contributed by atoms with Crippen molar-refractivity contribution in [2.45, 2.75) is 24.2 Å². The zero-order valence-corrected chi connectivity index (χ0v) is 13.3. The summed E-state index contributed by atoms with van der Waals surface area (Å²) in [6.07, 6.45) is 1.16. The molecule has 1 aliphatic rings. The summed E-state index contributed by atoms with van der Waals surface area (Å²) in [7, 11) is 0. The second-order valence-corrected chi connectivity index (χ2v) is 6.65. The van der Waals surface area contributed by atoms with Crippen LogP contribution in [0.25, 0.3) is 0 Å². The van der Waals surface area contributed by atoms with Crippen molar-refractivity contribution < 1.29 is 0 Å². The number of nitrogens with zero attached hydrogens (tertiary/aromatic N) is 1. The highest BCUT2D eigenvalue weighted by Crippen LogP contribution is 2.40. The van der Waals surface area contributed by atoms with E-state index in [0.717, 1.165) is 25.2 Å². The lowest BCUT2D eigenvalue weighted by Gasteiger charge is -2.27. The predicted octanol–water partition coefficient (Wildman–Crippen LogP) is 4.37. The molecule has 1 heterocycles. The highest BCUT2D eigenvalue weighted by atomic mass is 32.2. The minimum atomic E-state index is 0.621. The fraction of sp³-hybridized carbons (Fsp3) is 0.333. The Morgan fingerprint density at radius 3 is 2.67 bits per heavy atom. The van der Waals surface area contributed by atoms with Crippen LogP contribution in [0.3, 0.4) is 0 Å². The molecule has 1 atom stereocenters. The van der Waals surface area contributed by atoms with Crippen molar-refractivity contribution in [3.63, 3.8) is 0 Å². The van der Waals surface area contributed by atoms with Gasteiger partial charge in [-0.3, -0.25) is 0 Å². The van der Waals surface area contributed by atoms with Crippen LogP contribution in [0.5, 0.6) is 0 Å². The van der Waals surface area contributed by atoms with Gasteiger partial charge in [-0.05, 0) is 42.3 Å². The summed E-state index contributed by atoms with van der Waals surface area (Å²) >= 11 is 1.99. The number of hydrogen-bond acceptors (Lipinski definition) is 3. The van der Waals surface area contributed by atoms with Crippen LogP contribution in [0.1, 0.15) is 24.8 Å². The van der Waals surface area contributed by atoms with E-state index in [-0.39, 0.29) is 0 Å². The smallest absolute Gasteiger partial charge is 0.0367 e. The minimum absolute atomic E-state index is 0.621. The van der Waals surface area contributed by atoms with E-state index in [1.54, 1.807) is 0 Å². The molecule has 2 aromatic rings. The van der Waals surface area contributed by atoms with Crippen LogP contribution in [0.15, 0.2) is 53.4 Å². The first-order chi connectivity index (χ1) is 10.3. The van der Waals surface area contributed by atoms with Crippen LogP contribution in [0.2, 0.25) is 0 Å². The zero-order valence-electron chi connectivity index (χ0n) is 12.5. The Balaban J connectivity index is 1.79. The maximum absolute atomic E-state index is 5.81. The average Bonchev–Trinajstić information content (AvgIpc) is 2.91. The van der Waals surface area contributed by atoms with Crippen LogP contribution >= 0.6 is 11.8 Å². The number of hydrogen-bond donors (Lipinski definition) is 1. The van der Waals surface area contributed by atoms with E-state index in [1.165, 1.54) is 21.9 Å². The topological polar surface area (TPSA) is 29.3 Å². The van der Waals surface area contributed by atoms with Gasteiger partial charge in [0.15, 0.2) is 0 Å². The van der Waals surface area contributed by atoms with E-state index in [0.29, 0.717) is 5.92 Å². The van der Waals surface area contributed by atoms with E-state index < -0.39 is 0 Å². The first-order valence-electron chi connectivity index (χ1n) is 7.60. The van der Waals surface area contributed by atoms with Gasteiger partial charge in [0.25, 0.3) is 0 Å². The van der Waals surface area contributed by atoms with Crippen LogP contribution in [0, 0.1) is 0 Å². The molecule has 0 saturated carbocycles. The molecule has 1 unspecified atom stereocenters. The van der Waals surface area contributed by atoms with Crippen LogP contribution in [-0.2, 0) is 0 Å². The third-order valence-corrected chi connectivity index (χ3v) is 5.24.